The molecule has 4 aromatic rings. The number of carbonyl (C=O) groups is 1. The first-order valence-electron chi connectivity index (χ1n) is 8.82. The highest BCUT2D eigenvalue weighted by molar-refractivity contribution is 7.17. The van der Waals surface area contributed by atoms with Crippen LogP contribution in [0.15, 0.2) is 71.1 Å². The molecule has 0 spiro atoms. The Morgan fingerprint density at radius 1 is 1.11 bits per heavy atom. The highest BCUT2D eigenvalue weighted by Crippen LogP contribution is 2.32. The van der Waals surface area contributed by atoms with Crippen LogP contribution in [0.1, 0.15) is 23.3 Å². The van der Waals surface area contributed by atoms with Crippen LogP contribution in [0, 0.1) is 0 Å². The Bertz CT molecular complexity index is 1190. The Labute approximate surface area is 165 Å². The molecule has 0 fully saturated rings. The smallest absolute Gasteiger partial charge is 0.263 e. The van der Waals surface area contributed by atoms with Crippen molar-refractivity contribution in [3.63, 3.8) is 0 Å². The van der Waals surface area contributed by atoms with Gasteiger partial charge in [0.25, 0.3) is 5.56 Å². The van der Waals surface area contributed by atoms with E-state index in [2.05, 4.69) is 4.98 Å². The summed E-state index contributed by atoms with van der Waals surface area (Å²) in [4.78, 5) is 31.1. The van der Waals surface area contributed by atoms with Crippen molar-refractivity contribution in [3.8, 4) is 16.9 Å². The fourth-order valence-corrected chi connectivity index (χ4v) is 4.08. The molecule has 140 valence electrons. The highest BCUT2D eigenvalue weighted by atomic mass is 32.1. The molecule has 0 aliphatic rings. The SMILES string of the molecule is COc1ccc(-c2csc3ncn(C(C)C(=O)c4ccccc4)c(=O)c23)cc1. The van der Waals surface area contributed by atoms with Gasteiger partial charge < -0.3 is 4.74 Å². The van der Waals surface area contributed by atoms with E-state index in [0.717, 1.165) is 16.9 Å². The second-order valence-corrected chi connectivity index (χ2v) is 7.28. The summed E-state index contributed by atoms with van der Waals surface area (Å²) < 4.78 is 6.62. The zero-order chi connectivity index (χ0) is 19.7. The molecule has 2 heterocycles. The number of fused-ring (bicyclic) bond motifs is 1. The maximum atomic E-state index is 13.2. The first-order valence-corrected chi connectivity index (χ1v) is 9.70. The summed E-state index contributed by atoms with van der Waals surface area (Å²) in [5, 5.41) is 2.46. The van der Waals surface area contributed by atoms with Crippen LogP contribution >= 0.6 is 11.3 Å². The van der Waals surface area contributed by atoms with Crippen LogP contribution in [0.2, 0.25) is 0 Å². The lowest BCUT2D eigenvalue weighted by Crippen LogP contribution is -2.28. The number of rotatable bonds is 5. The lowest BCUT2D eigenvalue weighted by Gasteiger charge is -2.14. The first-order chi connectivity index (χ1) is 13.6. The van der Waals surface area contributed by atoms with Crippen LogP contribution in [0.3, 0.4) is 0 Å². The highest BCUT2D eigenvalue weighted by Gasteiger charge is 2.21. The van der Waals surface area contributed by atoms with Gasteiger partial charge in [0.05, 0.1) is 24.9 Å². The third-order valence-electron chi connectivity index (χ3n) is 4.78. The Morgan fingerprint density at radius 3 is 2.50 bits per heavy atom. The van der Waals surface area contributed by atoms with E-state index >= 15 is 0 Å². The summed E-state index contributed by atoms with van der Waals surface area (Å²) in [6, 6.07) is 15.9. The van der Waals surface area contributed by atoms with Crippen LogP contribution in [0.5, 0.6) is 5.75 Å². The molecular formula is C22H18N2O3S. The fourth-order valence-electron chi connectivity index (χ4n) is 3.17. The molecule has 4 rings (SSSR count). The number of carbonyl (C=O) groups excluding carboxylic acids is 1. The summed E-state index contributed by atoms with van der Waals surface area (Å²) in [7, 11) is 1.61. The van der Waals surface area contributed by atoms with Crippen LogP contribution in [0.4, 0.5) is 0 Å². The third kappa shape index (κ3) is 3.12. The summed E-state index contributed by atoms with van der Waals surface area (Å²) >= 11 is 1.42. The predicted octanol–water partition coefficient (Wildman–Crippen LogP) is 4.58. The van der Waals surface area contributed by atoms with Crippen LogP contribution in [0.25, 0.3) is 21.3 Å². The van der Waals surface area contributed by atoms with Gasteiger partial charge in [0.15, 0.2) is 5.78 Å². The summed E-state index contributed by atoms with van der Waals surface area (Å²) in [6.45, 7) is 1.73. The molecule has 0 N–H and O–H groups in total. The van der Waals surface area contributed by atoms with Gasteiger partial charge >= 0.3 is 0 Å². The van der Waals surface area contributed by atoms with Crippen molar-refractivity contribution in [1.29, 1.82) is 0 Å². The number of ether oxygens (including phenoxy) is 1. The van der Waals surface area contributed by atoms with Crippen molar-refractivity contribution in [2.75, 3.05) is 7.11 Å². The number of thiophene rings is 1. The van der Waals surface area contributed by atoms with Gasteiger partial charge in [-0.05, 0) is 24.6 Å². The molecule has 0 bridgehead atoms. The number of Topliss-reactive ketones (excluding diaryl/α,β-unsaturated/α-hetero) is 1. The van der Waals surface area contributed by atoms with Gasteiger partial charge in [-0.2, -0.15) is 0 Å². The van der Waals surface area contributed by atoms with Gasteiger partial charge in [-0.25, -0.2) is 4.98 Å². The van der Waals surface area contributed by atoms with Gasteiger partial charge in [-0.15, -0.1) is 11.3 Å². The Balaban J connectivity index is 1.80. The van der Waals surface area contributed by atoms with Crippen molar-refractivity contribution < 1.29 is 9.53 Å². The molecular weight excluding hydrogens is 372 g/mol. The van der Waals surface area contributed by atoms with Gasteiger partial charge in [0, 0.05) is 16.5 Å². The number of benzene rings is 2. The van der Waals surface area contributed by atoms with E-state index in [-0.39, 0.29) is 11.3 Å². The van der Waals surface area contributed by atoms with Crippen molar-refractivity contribution in [1.82, 2.24) is 9.55 Å². The van der Waals surface area contributed by atoms with Gasteiger partial charge in [-0.1, -0.05) is 42.5 Å². The Morgan fingerprint density at radius 2 is 1.82 bits per heavy atom. The minimum atomic E-state index is -0.643. The molecule has 28 heavy (non-hydrogen) atoms. The normalized spacial score (nSPS) is 12.1. The quantitative estimate of drug-likeness (QED) is 0.468. The second-order valence-electron chi connectivity index (χ2n) is 6.42. The molecule has 0 aliphatic carbocycles. The second kappa shape index (κ2) is 7.40. The number of methoxy groups -OCH3 is 1. The predicted molar refractivity (Wildman–Crippen MR) is 111 cm³/mol. The fraction of sp³-hybridized carbons (Fsp3) is 0.136. The van der Waals surface area contributed by atoms with Gasteiger partial charge in [0.2, 0.25) is 0 Å². The Kier molecular flexibility index (Phi) is 4.79. The number of ketones is 1. The number of nitrogens with zero attached hydrogens (tertiary/aromatic N) is 2. The van der Waals surface area contributed by atoms with E-state index < -0.39 is 6.04 Å². The van der Waals surface area contributed by atoms with E-state index in [4.69, 9.17) is 4.74 Å². The molecule has 1 unspecified atom stereocenters. The van der Waals surface area contributed by atoms with Crippen molar-refractivity contribution in [2.24, 2.45) is 0 Å². The topological polar surface area (TPSA) is 61.2 Å². The summed E-state index contributed by atoms with van der Waals surface area (Å²) in [5.41, 5.74) is 2.08. The molecule has 0 saturated heterocycles. The van der Waals surface area contributed by atoms with E-state index in [1.807, 2.05) is 47.8 Å². The van der Waals surface area contributed by atoms with Crippen molar-refractivity contribution >= 4 is 27.3 Å². The van der Waals surface area contributed by atoms with Crippen LogP contribution < -0.4 is 10.3 Å². The number of aromatic nitrogens is 2. The molecule has 2 aromatic heterocycles. The first kappa shape index (κ1) is 18.1. The van der Waals surface area contributed by atoms with E-state index in [1.54, 1.807) is 26.2 Å². The van der Waals surface area contributed by atoms with Crippen LogP contribution in [-0.4, -0.2) is 22.4 Å². The standard InChI is InChI=1S/C22H18N2O3S/c1-14(20(25)16-6-4-3-5-7-16)24-13-23-21-19(22(24)26)18(12-28-21)15-8-10-17(27-2)11-9-15/h3-14H,1-2H3. The van der Waals surface area contributed by atoms with E-state index in [1.165, 1.54) is 22.2 Å². The average molecular weight is 390 g/mol. The van der Waals surface area contributed by atoms with Gasteiger partial charge in [0.1, 0.15) is 10.6 Å². The van der Waals surface area contributed by atoms with E-state index in [9.17, 15) is 9.59 Å². The maximum Gasteiger partial charge on any atom is 0.263 e. The number of hydrogen-bond acceptors (Lipinski definition) is 5. The molecule has 0 radical (unpaired) electrons. The lowest BCUT2D eigenvalue weighted by molar-refractivity contribution is 0.0932. The molecule has 0 saturated carbocycles. The minimum absolute atomic E-state index is 0.120. The largest absolute Gasteiger partial charge is 0.497 e. The van der Waals surface area contributed by atoms with Crippen molar-refractivity contribution in [2.45, 2.75) is 13.0 Å². The lowest BCUT2D eigenvalue weighted by atomic mass is 10.0. The van der Waals surface area contributed by atoms with Crippen molar-refractivity contribution in [3.05, 3.63) is 82.2 Å². The molecule has 1 atom stereocenters. The molecule has 6 heteroatoms. The molecule has 0 aliphatic heterocycles. The molecule has 0 amide bonds. The monoisotopic (exact) mass is 390 g/mol. The average Bonchev–Trinajstić information content (AvgIpc) is 3.19. The Hall–Kier alpha value is -3.25. The summed E-state index contributed by atoms with van der Waals surface area (Å²) in [5.74, 6) is 0.631. The minimum Gasteiger partial charge on any atom is -0.497 e. The van der Waals surface area contributed by atoms with E-state index in [0.29, 0.717) is 15.8 Å². The molecule has 2 aromatic carbocycles. The number of hydrogen-bond donors (Lipinski definition) is 0. The zero-order valence-electron chi connectivity index (χ0n) is 15.5. The zero-order valence-corrected chi connectivity index (χ0v) is 16.3. The summed E-state index contributed by atoms with van der Waals surface area (Å²) in [6.07, 6.45) is 1.46. The maximum absolute atomic E-state index is 13.2. The molecule has 5 nitrogen and oxygen atoms in total. The van der Waals surface area contributed by atoms with Crippen LogP contribution in [-0.2, 0) is 0 Å². The third-order valence-corrected chi connectivity index (χ3v) is 5.66. The van der Waals surface area contributed by atoms with Gasteiger partial charge in [-0.3, -0.25) is 14.2 Å².